The van der Waals surface area contributed by atoms with Gasteiger partial charge in [-0.15, -0.1) is 0 Å². The van der Waals surface area contributed by atoms with Crippen molar-refractivity contribution in [3.8, 4) is 6.07 Å². The van der Waals surface area contributed by atoms with Crippen molar-refractivity contribution in [2.24, 2.45) is 0 Å². The van der Waals surface area contributed by atoms with Gasteiger partial charge in [0, 0.05) is 16.9 Å². The zero-order chi connectivity index (χ0) is 17.5. The van der Waals surface area contributed by atoms with Crippen LogP contribution in [0.15, 0.2) is 35.1 Å². The van der Waals surface area contributed by atoms with E-state index in [1.54, 1.807) is 18.5 Å². The Morgan fingerprint density at radius 1 is 1.04 bits per heavy atom. The number of hydrogen-bond acceptors (Lipinski definition) is 3. The van der Waals surface area contributed by atoms with Gasteiger partial charge >= 0.3 is 0 Å². The predicted molar refractivity (Wildman–Crippen MR) is 98.9 cm³/mol. The minimum atomic E-state index is -0.466. The average Bonchev–Trinajstić information content (AvgIpc) is 2.55. The summed E-state index contributed by atoms with van der Waals surface area (Å²) >= 11 is 3.70. The smallest absolute Gasteiger partial charge is 0.149 e. The summed E-state index contributed by atoms with van der Waals surface area (Å²) in [5.41, 5.74) is 3.93. The van der Waals surface area contributed by atoms with Crippen LogP contribution in [0.4, 0.5) is 0 Å². The lowest BCUT2D eigenvalue weighted by Gasteiger charge is -2.42. The van der Waals surface area contributed by atoms with E-state index >= 15 is 0 Å². The molecule has 1 aromatic heterocycles. The summed E-state index contributed by atoms with van der Waals surface area (Å²) in [6, 6.07) is 8.55. The van der Waals surface area contributed by atoms with Crippen LogP contribution in [0.3, 0.4) is 0 Å². The van der Waals surface area contributed by atoms with E-state index in [0.717, 1.165) is 16.5 Å². The lowest BCUT2D eigenvalue weighted by molar-refractivity contribution is 0.331. The molecule has 0 saturated heterocycles. The molecule has 1 heterocycles. The van der Waals surface area contributed by atoms with E-state index < -0.39 is 5.92 Å². The van der Waals surface area contributed by atoms with E-state index in [1.807, 2.05) is 0 Å². The highest BCUT2D eigenvalue weighted by Gasteiger charge is 2.38. The molecule has 1 aromatic carbocycles. The lowest BCUT2D eigenvalue weighted by atomic mass is 9.62. The van der Waals surface area contributed by atoms with Crippen LogP contribution in [0.2, 0.25) is 0 Å². The number of halogens is 1. The van der Waals surface area contributed by atoms with Gasteiger partial charge in [0.1, 0.15) is 11.7 Å². The van der Waals surface area contributed by atoms with Gasteiger partial charge in [-0.05, 0) is 52.5 Å². The topological polar surface area (TPSA) is 49.6 Å². The largest absolute Gasteiger partial charge is 0.240 e. The molecule has 0 fully saturated rings. The number of nitriles is 1. The van der Waals surface area contributed by atoms with E-state index in [0.29, 0.717) is 5.82 Å². The van der Waals surface area contributed by atoms with Gasteiger partial charge in [0.05, 0.1) is 6.07 Å². The molecule has 4 heteroatoms. The predicted octanol–water partition coefficient (Wildman–Crippen LogP) is 5.24. The molecule has 2 aromatic rings. The Morgan fingerprint density at radius 3 is 2.12 bits per heavy atom. The van der Waals surface area contributed by atoms with Gasteiger partial charge in [-0.3, -0.25) is 0 Å². The van der Waals surface area contributed by atoms with Gasteiger partial charge in [0.2, 0.25) is 0 Å². The first-order chi connectivity index (χ1) is 11.3. The Kier molecular flexibility index (Phi) is 4.25. The standard InChI is InChI=1S/C20H22BrN3/c1-19(2)6-7-20(3,4)16-11-17(21)13(10-15(16)19)14(12-22)18-23-8-5-9-24-18/h5,8-11,14H,6-7H2,1-4H3. The van der Waals surface area contributed by atoms with Crippen LogP contribution >= 0.6 is 15.9 Å². The molecule has 24 heavy (non-hydrogen) atoms. The highest BCUT2D eigenvalue weighted by molar-refractivity contribution is 9.10. The minimum absolute atomic E-state index is 0.109. The Morgan fingerprint density at radius 2 is 1.58 bits per heavy atom. The Hall–Kier alpha value is -1.73. The highest BCUT2D eigenvalue weighted by atomic mass is 79.9. The third kappa shape index (κ3) is 2.86. The molecule has 0 bridgehead atoms. The first-order valence-electron chi connectivity index (χ1n) is 8.27. The maximum Gasteiger partial charge on any atom is 0.149 e. The van der Waals surface area contributed by atoms with Gasteiger partial charge in [0.25, 0.3) is 0 Å². The van der Waals surface area contributed by atoms with Crippen LogP contribution in [0, 0.1) is 11.3 Å². The second kappa shape index (κ2) is 5.97. The third-order valence-electron chi connectivity index (χ3n) is 5.25. The summed E-state index contributed by atoms with van der Waals surface area (Å²) in [4.78, 5) is 8.58. The van der Waals surface area contributed by atoms with Crippen molar-refractivity contribution in [1.29, 1.82) is 5.26 Å². The molecule has 1 aliphatic rings. The fourth-order valence-electron chi connectivity index (χ4n) is 3.55. The van der Waals surface area contributed by atoms with Crippen molar-refractivity contribution in [3.05, 3.63) is 57.6 Å². The van der Waals surface area contributed by atoms with E-state index in [-0.39, 0.29) is 10.8 Å². The summed E-state index contributed by atoms with van der Waals surface area (Å²) < 4.78 is 0.964. The fourth-order valence-corrected chi connectivity index (χ4v) is 4.12. The Labute approximate surface area is 152 Å². The van der Waals surface area contributed by atoms with Crippen molar-refractivity contribution in [1.82, 2.24) is 9.97 Å². The Bertz CT molecular complexity index is 804. The fraction of sp³-hybridized carbons (Fsp3) is 0.450. The van der Waals surface area contributed by atoms with Crippen molar-refractivity contribution >= 4 is 15.9 Å². The summed E-state index contributed by atoms with van der Waals surface area (Å²) in [6.07, 6.45) is 5.69. The van der Waals surface area contributed by atoms with E-state index in [2.05, 4.69) is 71.8 Å². The first-order valence-corrected chi connectivity index (χ1v) is 9.06. The second-order valence-electron chi connectivity index (χ2n) is 7.86. The summed E-state index contributed by atoms with van der Waals surface area (Å²) in [5, 5.41) is 9.74. The van der Waals surface area contributed by atoms with E-state index in [1.165, 1.54) is 17.5 Å². The highest BCUT2D eigenvalue weighted by Crippen LogP contribution is 2.48. The quantitative estimate of drug-likeness (QED) is 0.711. The number of fused-ring (bicyclic) bond motifs is 1. The van der Waals surface area contributed by atoms with Crippen LogP contribution in [0.1, 0.15) is 69.0 Å². The van der Waals surface area contributed by atoms with Crippen molar-refractivity contribution in [2.45, 2.75) is 57.3 Å². The molecule has 124 valence electrons. The van der Waals surface area contributed by atoms with Crippen molar-refractivity contribution in [2.75, 3.05) is 0 Å². The Balaban J connectivity index is 2.20. The maximum absolute atomic E-state index is 9.74. The summed E-state index contributed by atoms with van der Waals surface area (Å²) in [7, 11) is 0. The summed E-state index contributed by atoms with van der Waals surface area (Å²) in [6.45, 7) is 9.18. The van der Waals surface area contributed by atoms with Gasteiger partial charge in [-0.25, -0.2) is 9.97 Å². The zero-order valence-electron chi connectivity index (χ0n) is 14.6. The van der Waals surface area contributed by atoms with Crippen LogP contribution in [0.25, 0.3) is 0 Å². The zero-order valence-corrected chi connectivity index (χ0v) is 16.2. The van der Waals surface area contributed by atoms with E-state index in [4.69, 9.17) is 0 Å². The third-order valence-corrected chi connectivity index (χ3v) is 5.94. The molecular weight excluding hydrogens is 362 g/mol. The molecule has 0 radical (unpaired) electrons. The molecular formula is C20H22BrN3. The van der Waals surface area contributed by atoms with Crippen LogP contribution in [-0.2, 0) is 10.8 Å². The molecule has 3 rings (SSSR count). The van der Waals surface area contributed by atoms with Crippen LogP contribution in [0.5, 0.6) is 0 Å². The first kappa shape index (κ1) is 17.1. The molecule has 0 aliphatic heterocycles. The van der Waals surface area contributed by atoms with Gasteiger partial charge in [0.15, 0.2) is 0 Å². The van der Waals surface area contributed by atoms with Gasteiger partial charge in [-0.2, -0.15) is 5.26 Å². The average molecular weight is 384 g/mol. The van der Waals surface area contributed by atoms with Gasteiger partial charge in [-0.1, -0.05) is 49.7 Å². The lowest BCUT2D eigenvalue weighted by Crippen LogP contribution is -2.34. The molecule has 0 saturated carbocycles. The normalized spacial score (nSPS) is 19.2. The minimum Gasteiger partial charge on any atom is -0.240 e. The summed E-state index contributed by atoms with van der Waals surface area (Å²) in [5.74, 6) is 0.0836. The molecule has 0 N–H and O–H groups in total. The molecule has 1 unspecified atom stereocenters. The van der Waals surface area contributed by atoms with E-state index in [9.17, 15) is 5.26 Å². The van der Waals surface area contributed by atoms with Gasteiger partial charge < -0.3 is 0 Å². The van der Waals surface area contributed by atoms with Crippen LogP contribution < -0.4 is 0 Å². The molecule has 0 spiro atoms. The number of aromatic nitrogens is 2. The molecule has 3 nitrogen and oxygen atoms in total. The second-order valence-corrected chi connectivity index (χ2v) is 8.71. The number of rotatable bonds is 2. The number of benzene rings is 1. The molecule has 1 atom stereocenters. The SMILES string of the molecule is CC1(C)CCC(C)(C)c2cc(C(C#N)c3ncccn3)c(Br)cc21. The maximum atomic E-state index is 9.74. The van der Waals surface area contributed by atoms with Crippen molar-refractivity contribution in [3.63, 3.8) is 0 Å². The molecule has 0 amide bonds. The monoisotopic (exact) mass is 383 g/mol. The van der Waals surface area contributed by atoms with Crippen LogP contribution in [-0.4, -0.2) is 9.97 Å². The number of nitrogens with zero attached hydrogens (tertiary/aromatic N) is 3. The van der Waals surface area contributed by atoms with Crippen molar-refractivity contribution < 1.29 is 0 Å². The molecule has 1 aliphatic carbocycles. The number of hydrogen-bond donors (Lipinski definition) is 0.